The van der Waals surface area contributed by atoms with Crippen LogP contribution in [0.5, 0.6) is 0 Å². The normalized spacial score (nSPS) is 18.9. The molecule has 1 unspecified atom stereocenters. The molecule has 2 rings (SSSR count). The van der Waals surface area contributed by atoms with E-state index < -0.39 is 0 Å². The van der Waals surface area contributed by atoms with Crippen LogP contribution in [0, 0.1) is 13.8 Å². The second-order valence-corrected chi connectivity index (χ2v) is 4.93. The minimum absolute atomic E-state index is 0.0972. The molecule has 1 aromatic rings. The van der Waals surface area contributed by atoms with E-state index in [1.165, 1.54) is 11.1 Å². The number of nitrogens with zero attached hydrogens (tertiary/aromatic N) is 1. The Morgan fingerprint density at radius 1 is 1.33 bits per heavy atom. The summed E-state index contributed by atoms with van der Waals surface area (Å²) in [5.74, 6) is 0.0972. The van der Waals surface area contributed by atoms with Crippen molar-refractivity contribution in [3.8, 4) is 0 Å². The minimum atomic E-state index is -0.245. The van der Waals surface area contributed by atoms with E-state index in [1.807, 2.05) is 11.8 Å². The molecule has 1 heterocycles. The molecule has 98 valence electrons. The van der Waals surface area contributed by atoms with Gasteiger partial charge in [-0.15, -0.1) is 0 Å². The molecule has 1 aliphatic rings. The minimum Gasteiger partial charge on any atom is -0.368 e. The highest BCUT2D eigenvalue weighted by Crippen LogP contribution is 2.22. The maximum atomic E-state index is 12.4. The van der Waals surface area contributed by atoms with E-state index in [4.69, 9.17) is 4.74 Å². The standard InChI is InChI=1S/C15H21NO2/c1-4-16(15(17)14-6-5-7-18-14)13-9-11(2)8-12(3)10-13/h8-10,14H,4-7H2,1-3H3. The van der Waals surface area contributed by atoms with Gasteiger partial charge < -0.3 is 9.64 Å². The van der Waals surface area contributed by atoms with Gasteiger partial charge in [-0.25, -0.2) is 0 Å². The van der Waals surface area contributed by atoms with E-state index in [-0.39, 0.29) is 12.0 Å². The van der Waals surface area contributed by atoms with Gasteiger partial charge in [-0.2, -0.15) is 0 Å². The SMILES string of the molecule is CCN(C(=O)C1CCCO1)c1cc(C)cc(C)c1. The fourth-order valence-electron chi connectivity index (χ4n) is 2.52. The fourth-order valence-corrected chi connectivity index (χ4v) is 2.52. The van der Waals surface area contributed by atoms with Crippen LogP contribution in [0.15, 0.2) is 18.2 Å². The van der Waals surface area contributed by atoms with E-state index in [0.717, 1.165) is 18.5 Å². The van der Waals surface area contributed by atoms with Gasteiger partial charge in [0, 0.05) is 18.8 Å². The summed E-state index contributed by atoms with van der Waals surface area (Å²) in [4.78, 5) is 14.2. The number of likely N-dealkylation sites (N-methyl/N-ethyl adjacent to an activating group) is 1. The summed E-state index contributed by atoms with van der Waals surface area (Å²) in [5.41, 5.74) is 3.35. The summed E-state index contributed by atoms with van der Waals surface area (Å²) in [7, 11) is 0. The van der Waals surface area contributed by atoms with E-state index in [2.05, 4.69) is 32.0 Å². The highest BCUT2D eigenvalue weighted by molar-refractivity contribution is 5.96. The number of hydrogen-bond donors (Lipinski definition) is 0. The average Bonchev–Trinajstić information content (AvgIpc) is 2.81. The van der Waals surface area contributed by atoms with Crippen LogP contribution in [-0.2, 0) is 9.53 Å². The molecule has 0 N–H and O–H groups in total. The summed E-state index contributed by atoms with van der Waals surface area (Å²) < 4.78 is 5.49. The van der Waals surface area contributed by atoms with Crippen LogP contribution in [0.2, 0.25) is 0 Å². The van der Waals surface area contributed by atoms with Crippen molar-refractivity contribution in [2.75, 3.05) is 18.1 Å². The van der Waals surface area contributed by atoms with Crippen LogP contribution in [0.3, 0.4) is 0 Å². The van der Waals surface area contributed by atoms with Crippen LogP contribution in [0.4, 0.5) is 5.69 Å². The number of hydrogen-bond acceptors (Lipinski definition) is 2. The molecule has 18 heavy (non-hydrogen) atoms. The number of aryl methyl sites for hydroxylation is 2. The smallest absolute Gasteiger partial charge is 0.256 e. The highest BCUT2D eigenvalue weighted by atomic mass is 16.5. The first-order valence-corrected chi connectivity index (χ1v) is 6.63. The maximum Gasteiger partial charge on any atom is 0.256 e. The first kappa shape index (κ1) is 13.1. The molecule has 1 amide bonds. The van der Waals surface area contributed by atoms with Crippen LogP contribution in [-0.4, -0.2) is 25.2 Å². The molecule has 3 heteroatoms. The fraction of sp³-hybridized carbons (Fsp3) is 0.533. The van der Waals surface area contributed by atoms with E-state index in [9.17, 15) is 4.79 Å². The highest BCUT2D eigenvalue weighted by Gasteiger charge is 2.28. The second-order valence-electron chi connectivity index (χ2n) is 4.93. The van der Waals surface area contributed by atoms with Crippen LogP contribution < -0.4 is 4.90 Å². The summed E-state index contributed by atoms with van der Waals surface area (Å²) in [5, 5.41) is 0. The molecule has 1 saturated heterocycles. The number of amides is 1. The van der Waals surface area contributed by atoms with Crippen molar-refractivity contribution in [3.05, 3.63) is 29.3 Å². The molecule has 3 nitrogen and oxygen atoms in total. The van der Waals surface area contributed by atoms with Gasteiger partial charge in [0.25, 0.3) is 5.91 Å². The molecule has 0 bridgehead atoms. The Morgan fingerprint density at radius 2 is 2.00 bits per heavy atom. The van der Waals surface area contributed by atoms with Gasteiger partial charge >= 0.3 is 0 Å². The summed E-state index contributed by atoms with van der Waals surface area (Å²) in [6, 6.07) is 6.24. The Balaban J connectivity index is 2.23. The Bertz CT molecular complexity index is 416. The summed E-state index contributed by atoms with van der Waals surface area (Å²) >= 11 is 0. The Kier molecular flexibility index (Phi) is 4.02. The summed E-state index contributed by atoms with van der Waals surface area (Å²) in [6.07, 6.45) is 1.59. The van der Waals surface area contributed by atoms with Crippen molar-refractivity contribution >= 4 is 11.6 Å². The number of rotatable bonds is 3. The molecule has 1 atom stereocenters. The lowest BCUT2D eigenvalue weighted by Gasteiger charge is -2.24. The van der Waals surface area contributed by atoms with Gasteiger partial charge in [-0.1, -0.05) is 6.07 Å². The van der Waals surface area contributed by atoms with E-state index in [0.29, 0.717) is 13.2 Å². The van der Waals surface area contributed by atoms with E-state index in [1.54, 1.807) is 0 Å². The van der Waals surface area contributed by atoms with Crippen molar-refractivity contribution in [2.45, 2.75) is 39.7 Å². The topological polar surface area (TPSA) is 29.5 Å². The maximum absolute atomic E-state index is 12.4. The Hall–Kier alpha value is -1.35. The van der Waals surface area contributed by atoms with Gasteiger partial charge in [-0.05, 0) is 56.9 Å². The lowest BCUT2D eigenvalue weighted by atomic mass is 10.1. The number of ether oxygens (including phenoxy) is 1. The molecule has 0 aromatic heterocycles. The van der Waals surface area contributed by atoms with Crippen molar-refractivity contribution in [2.24, 2.45) is 0 Å². The van der Waals surface area contributed by atoms with Crippen LogP contribution in [0.25, 0.3) is 0 Å². The average molecular weight is 247 g/mol. The van der Waals surface area contributed by atoms with Crippen molar-refractivity contribution in [3.63, 3.8) is 0 Å². The van der Waals surface area contributed by atoms with Crippen molar-refractivity contribution in [1.29, 1.82) is 0 Å². The predicted molar refractivity (Wildman–Crippen MR) is 72.9 cm³/mol. The first-order chi connectivity index (χ1) is 8.61. The number of carbonyl (C=O) groups is 1. The largest absolute Gasteiger partial charge is 0.368 e. The quantitative estimate of drug-likeness (QED) is 0.822. The third-order valence-corrected chi connectivity index (χ3v) is 3.31. The zero-order valence-electron chi connectivity index (χ0n) is 11.4. The third-order valence-electron chi connectivity index (χ3n) is 3.31. The number of anilines is 1. The van der Waals surface area contributed by atoms with Gasteiger partial charge in [0.1, 0.15) is 6.10 Å². The third kappa shape index (κ3) is 2.72. The number of benzene rings is 1. The zero-order valence-corrected chi connectivity index (χ0v) is 11.4. The molecule has 0 spiro atoms. The van der Waals surface area contributed by atoms with Gasteiger partial charge in [0.05, 0.1) is 0 Å². The molecule has 1 aromatic carbocycles. The predicted octanol–water partition coefficient (Wildman–Crippen LogP) is 2.84. The second kappa shape index (κ2) is 5.53. The van der Waals surface area contributed by atoms with Gasteiger partial charge in [0.2, 0.25) is 0 Å². The molecule has 1 aliphatic heterocycles. The van der Waals surface area contributed by atoms with Crippen LogP contribution in [0.1, 0.15) is 30.9 Å². The molecular weight excluding hydrogens is 226 g/mol. The lowest BCUT2D eigenvalue weighted by molar-refractivity contribution is -0.127. The van der Waals surface area contributed by atoms with Gasteiger partial charge in [0.15, 0.2) is 0 Å². The number of carbonyl (C=O) groups excluding carboxylic acids is 1. The summed E-state index contributed by atoms with van der Waals surface area (Å²) in [6.45, 7) is 7.51. The molecular formula is C15H21NO2. The Labute approximate surface area is 109 Å². The monoisotopic (exact) mass is 247 g/mol. The van der Waals surface area contributed by atoms with E-state index >= 15 is 0 Å². The molecule has 0 radical (unpaired) electrons. The van der Waals surface area contributed by atoms with Gasteiger partial charge in [-0.3, -0.25) is 4.79 Å². The lowest BCUT2D eigenvalue weighted by Crippen LogP contribution is -2.39. The molecule has 1 fully saturated rings. The van der Waals surface area contributed by atoms with Crippen LogP contribution >= 0.6 is 0 Å². The molecule has 0 aliphatic carbocycles. The first-order valence-electron chi connectivity index (χ1n) is 6.63. The van der Waals surface area contributed by atoms with Crippen molar-refractivity contribution < 1.29 is 9.53 Å². The molecule has 0 saturated carbocycles. The zero-order chi connectivity index (χ0) is 13.1. The Morgan fingerprint density at radius 3 is 2.50 bits per heavy atom. The van der Waals surface area contributed by atoms with Crippen molar-refractivity contribution in [1.82, 2.24) is 0 Å².